The molecular formula is C14H10Cl2N2O. The van der Waals surface area contributed by atoms with E-state index in [0.717, 1.165) is 5.56 Å². The van der Waals surface area contributed by atoms with E-state index >= 15 is 0 Å². The van der Waals surface area contributed by atoms with Gasteiger partial charge in [0.1, 0.15) is 17.3 Å². The van der Waals surface area contributed by atoms with E-state index in [2.05, 4.69) is 0 Å². The zero-order chi connectivity index (χ0) is 13.8. The fourth-order valence-corrected chi connectivity index (χ4v) is 2.33. The summed E-state index contributed by atoms with van der Waals surface area (Å²) in [5.74, 6) is 0. The number of nitrogens with zero attached hydrogens (tertiary/aromatic N) is 2. The van der Waals surface area contributed by atoms with Crippen molar-refractivity contribution in [3.05, 3.63) is 59.4 Å². The van der Waals surface area contributed by atoms with Gasteiger partial charge in [-0.3, -0.25) is 4.79 Å². The van der Waals surface area contributed by atoms with Crippen LogP contribution in [0.3, 0.4) is 0 Å². The minimum absolute atomic E-state index is 0.231. The highest BCUT2D eigenvalue weighted by molar-refractivity contribution is 6.67. The third kappa shape index (κ3) is 3.17. The molecule has 1 heterocycles. The summed E-state index contributed by atoms with van der Waals surface area (Å²) in [5, 5.41) is 8.24. The van der Waals surface area contributed by atoms with Crippen LogP contribution in [-0.4, -0.2) is 9.81 Å². The van der Waals surface area contributed by atoms with Crippen molar-refractivity contribution in [1.29, 1.82) is 5.26 Å². The van der Waals surface area contributed by atoms with Gasteiger partial charge in [0.25, 0.3) is 5.24 Å². The Morgan fingerprint density at radius 3 is 2.63 bits per heavy atom. The van der Waals surface area contributed by atoms with Crippen LogP contribution in [0.1, 0.15) is 27.1 Å². The van der Waals surface area contributed by atoms with Crippen LogP contribution >= 0.6 is 23.2 Å². The molecule has 0 radical (unpaired) electrons. The largest absolute Gasteiger partial charge is 0.325 e. The zero-order valence-corrected chi connectivity index (χ0v) is 11.4. The smallest absolute Gasteiger partial charge is 0.268 e. The molecule has 0 fully saturated rings. The van der Waals surface area contributed by atoms with E-state index in [9.17, 15) is 4.79 Å². The van der Waals surface area contributed by atoms with Crippen LogP contribution in [0.2, 0.25) is 0 Å². The first-order valence-corrected chi connectivity index (χ1v) is 6.43. The second-order valence-electron chi connectivity index (χ2n) is 4.03. The van der Waals surface area contributed by atoms with Crippen LogP contribution in [-0.2, 0) is 6.42 Å². The summed E-state index contributed by atoms with van der Waals surface area (Å²) < 4.78 is 1.53. The topological polar surface area (TPSA) is 45.8 Å². The third-order valence-electron chi connectivity index (χ3n) is 2.73. The molecule has 0 bridgehead atoms. The third-order valence-corrected chi connectivity index (χ3v) is 3.29. The van der Waals surface area contributed by atoms with E-state index in [1.54, 1.807) is 0 Å². The van der Waals surface area contributed by atoms with E-state index in [0.29, 0.717) is 12.0 Å². The van der Waals surface area contributed by atoms with Crippen molar-refractivity contribution in [3.8, 4) is 6.07 Å². The van der Waals surface area contributed by atoms with Crippen molar-refractivity contribution in [3.63, 3.8) is 0 Å². The number of alkyl halides is 1. The van der Waals surface area contributed by atoms with Gasteiger partial charge in [0.15, 0.2) is 0 Å². The van der Waals surface area contributed by atoms with Crippen LogP contribution < -0.4 is 0 Å². The van der Waals surface area contributed by atoms with Gasteiger partial charge < -0.3 is 4.57 Å². The maximum absolute atomic E-state index is 11.3. The molecule has 3 nitrogen and oxygen atoms in total. The number of carbonyl (C=O) groups excluding carboxylic acids is 1. The molecule has 2 rings (SSSR count). The molecule has 19 heavy (non-hydrogen) atoms. The summed E-state index contributed by atoms with van der Waals surface area (Å²) >= 11 is 11.8. The maximum Gasteiger partial charge on any atom is 0.268 e. The Bertz CT molecular complexity index is 629. The Balaban J connectivity index is 2.28. The Kier molecular flexibility index (Phi) is 4.26. The van der Waals surface area contributed by atoms with Crippen LogP contribution in [0.5, 0.6) is 0 Å². The van der Waals surface area contributed by atoms with Gasteiger partial charge in [-0.2, -0.15) is 5.26 Å². The molecule has 5 heteroatoms. The molecule has 0 aliphatic rings. The van der Waals surface area contributed by atoms with Gasteiger partial charge in [-0.25, -0.2) is 0 Å². The van der Waals surface area contributed by atoms with Crippen molar-refractivity contribution in [2.75, 3.05) is 0 Å². The normalized spacial score (nSPS) is 11.8. The molecule has 1 unspecified atom stereocenters. The molecule has 0 aliphatic carbocycles. The summed E-state index contributed by atoms with van der Waals surface area (Å²) in [4.78, 5) is 11.3. The van der Waals surface area contributed by atoms with E-state index in [1.165, 1.54) is 16.8 Å². The Morgan fingerprint density at radius 1 is 1.37 bits per heavy atom. The molecule has 96 valence electrons. The van der Waals surface area contributed by atoms with Crippen LogP contribution in [0.25, 0.3) is 0 Å². The van der Waals surface area contributed by atoms with Crippen LogP contribution in [0.4, 0.5) is 0 Å². The molecule has 0 saturated carbocycles. The fraction of sp³-hybridized carbons (Fsp3) is 0.143. The van der Waals surface area contributed by atoms with Crippen molar-refractivity contribution < 1.29 is 4.79 Å². The molecule has 1 aromatic heterocycles. The van der Waals surface area contributed by atoms with E-state index in [1.807, 2.05) is 36.4 Å². The number of halogens is 2. The summed E-state index contributed by atoms with van der Waals surface area (Å²) in [6.07, 6.45) is 2.08. The Hall–Kier alpha value is -1.76. The molecule has 0 N–H and O–H groups in total. The SMILES string of the molecule is N#Cc1cc(C(=O)Cl)n(C(Cl)Cc2ccccc2)c1. The average Bonchev–Trinajstić information content (AvgIpc) is 2.84. The van der Waals surface area contributed by atoms with Crippen molar-refractivity contribution >= 4 is 28.4 Å². The highest BCUT2D eigenvalue weighted by Crippen LogP contribution is 2.23. The van der Waals surface area contributed by atoms with Gasteiger partial charge in [-0.05, 0) is 23.2 Å². The second kappa shape index (κ2) is 5.92. The van der Waals surface area contributed by atoms with Crippen LogP contribution in [0.15, 0.2) is 42.6 Å². The lowest BCUT2D eigenvalue weighted by Gasteiger charge is -2.13. The lowest BCUT2D eigenvalue weighted by atomic mass is 10.1. The monoisotopic (exact) mass is 292 g/mol. The van der Waals surface area contributed by atoms with Crippen molar-refractivity contribution in [2.45, 2.75) is 11.9 Å². The molecule has 0 saturated heterocycles. The van der Waals surface area contributed by atoms with E-state index in [4.69, 9.17) is 28.5 Å². The fourth-order valence-electron chi connectivity index (χ4n) is 1.84. The molecule has 0 spiro atoms. The second-order valence-corrected chi connectivity index (χ2v) is 4.88. The highest BCUT2D eigenvalue weighted by atomic mass is 35.5. The first-order chi connectivity index (χ1) is 9.11. The maximum atomic E-state index is 11.3. The standard InChI is InChI=1S/C14H10Cl2N2O/c15-13(7-10-4-2-1-3-5-10)18-9-11(8-17)6-12(18)14(16)19/h1-6,9,13H,7H2. The lowest BCUT2D eigenvalue weighted by Crippen LogP contribution is -2.10. The first kappa shape index (κ1) is 13.7. The van der Waals surface area contributed by atoms with Gasteiger partial charge in [0, 0.05) is 12.6 Å². The number of nitriles is 1. The first-order valence-electron chi connectivity index (χ1n) is 5.61. The van der Waals surface area contributed by atoms with Gasteiger partial charge >= 0.3 is 0 Å². The lowest BCUT2D eigenvalue weighted by molar-refractivity contribution is 0.107. The zero-order valence-electron chi connectivity index (χ0n) is 9.88. The number of carbonyl (C=O) groups is 1. The summed E-state index contributed by atoms with van der Waals surface area (Å²) in [6, 6.07) is 13.1. The molecule has 0 aliphatic heterocycles. The number of benzene rings is 1. The minimum atomic E-state index is -0.625. The number of aromatic nitrogens is 1. The van der Waals surface area contributed by atoms with Crippen LogP contribution in [0, 0.1) is 11.3 Å². The van der Waals surface area contributed by atoms with Crippen molar-refractivity contribution in [1.82, 2.24) is 4.57 Å². The van der Waals surface area contributed by atoms with Gasteiger partial charge in [0.2, 0.25) is 0 Å². The number of hydrogen-bond acceptors (Lipinski definition) is 2. The van der Waals surface area contributed by atoms with Gasteiger partial charge in [0.05, 0.1) is 5.56 Å². The van der Waals surface area contributed by atoms with Gasteiger partial charge in [-0.15, -0.1) is 0 Å². The summed E-state index contributed by atoms with van der Waals surface area (Å²) in [7, 11) is 0. The predicted octanol–water partition coefficient (Wildman–Crippen LogP) is 3.72. The molecule has 2 aromatic rings. The predicted molar refractivity (Wildman–Crippen MR) is 74.4 cm³/mol. The average molecular weight is 293 g/mol. The molecule has 1 aromatic carbocycles. The molecular weight excluding hydrogens is 283 g/mol. The Morgan fingerprint density at radius 2 is 2.05 bits per heavy atom. The number of rotatable bonds is 4. The highest BCUT2D eigenvalue weighted by Gasteiger charge is 2.17. The molecule has 1 atom stereocenters. The van der Waals surface area contributed by atoms with E-state index < -0.39 is 10.7 Å². The minimum Gasteiger partial charge on any atom is -0.325 e. The quantitative estimate of drug-likeness (QED) is 0.637. The van der Waals surface area contributed by atoms with Crippen molar-refractivity contribution in [2.24, 2.45) is 0 Å². The summed E-state index contributed by atoms with van der Waals surface area (Å²) in [5.41, 5.74) is 1.17. The number of hydrogen-bond donors (Lipinski definition) is 0. The Labute approximate surface area is 121 Å². The summed E-state index contributed by atoms with van der Waals surface area (Å²) in [6.45, 7) is 0. The molecule has 0 amide bonds. The van der Waals surface area contributed by atoms with Gasteiger partial charge in [-0.1, -0.05) is 41.9 Å². The van der Waals surface area contributed by atoms with E-state index in [-0.39, 0.29) is 5.69 Å².